The van der Waals surface area contributed by atoms with E-state index in [1.165, 1.54) is 35.4 Å². The Kier molecular flexibility index (Phi) is 9.77. The number of likely N-dealkylation sites (tertiary alicyclic amines) is 1. The van der Waals surface area contributed by atoms with Gasteiger partial charge in [-0.3, -0.25) is 14.0 Å². The molecule has 186 valence electrons. The number of sulfonamides is 1. The van der Waals surface area contributed by atoms with Crippen LogP contribution in [0.2, 0.25) is 0 Å². The van der Waals surface area contributed by atoms with Gasteiger partial charge >= 0.3 is 0 Å². The highest BCUT2D eigenvalue weighted by Gasteiger charge is 2.18. The van der Waals surface area contributed by atoms with E-state index in [1.54, 1.807) is 24.3 Å². The highest BCUT2D eigenvalue weighted by atomic mass is 32.2. The zero-order chi connectivity index (χ0) is 24.4. The summed E-state index contributed by atoms with van der Waals surface area (Å²) in [6, 6.07) is 15.3. The van der Waals surface area contributed by atoms with Gasteiger partial charge in [-0.1, -0.05) is 30.7 Å². The molecule has 34 heavy (non-hydrogen) atoms. The Labute approximate surface area is 204 Å². The molecule has 1 amide bonds. The van der Waals surface area contributed by atoms with Gasteiger partial charge in [-0.05, 0) is 74.7 Å². The Morgan fingerprint density at radius 3 is 2.44 bits per heavy atom. The molecule has 0 bridgehead atoms. The summed E-state index contributed by atoms with van der Waals surface area (Å²) >= 11 is 0. The van der Waals surface area contributed by atoms with Crippen LogP contribution < -0.4 is 14.4 Å². The van der Waals surface area contributed by atoms with Gasteiger partial charge in [0.1, 0.15) is 5.75 Å². The minimum absolute atomic E-state index is 0.0819. The van der Waals surface area contributed by atoms with Crippen LogP contribution in [-0.2, 0) is 27.9 Å². The van der Waals surface area contributed by atoms with Crippen LogP contribution in [0.5, 0.6) is 5.75 Å². The third-order valence-corrected chi connectivity index (χ3v) is 7.13. The Morgan fingerprint density at radius 1 is 1.06 bits per heavy atom. The Balaban J connectivity index is 1.46. The minimum atomic E-state index is -3.46. The fourth-order valence-corrected chi connectivity index (χ4v) is 5.21. The largest absolute Gasteiger partial charge is 0.494 e. The molecule has 1 aliphatic heterocycles. The highest BCUT2D eigenvalue weighted by molar-refractivity contribution is 7.92. The molecule has 0 spiro atoms. The zero-order valence-corrected chi connectivity index (χ0v) is 21.1. The summed E-state index contributed by atoms with van der Waals surface area (Å²) in [5, 5.41) is 2.97. The molecule has 2 aromatic rings. The SMILES string of the molecule is CCOc1ccc(N(CCCC(=O)NCc2cccc(CN3CCCCC3)c2)S(C)(=O)=O)cc1. The quantitative estimate of drug-likeness (QED) is 0.491. The molecule has 0 radical (unpaired) electrons. The summed E-state index contributed by atoms with van der Waals surface area (Å²) in [5.41, 5.74) is 2.92. The number of hydrogen-bond donors (Lipinski definition) is 1. The van der Waals surface area contributed by atoms with Crippen molar-refractivity contribution in [2.75, 3.05) is 36.8 Å². The standard InChI is InChI=1S/C26H37N3O4S/c1-3-33-25-14-12-24(13-15-25)29(34(2,31)32)18-8-11-26(30)27-20-22-9-7-10-23(19-22)21-28-16-5-4-6-17-28/h7,9-10,12-15,19H,3-6,8,11,16-18,20-21H2,1-2H3,(H,27,30). The van der Waals surface area contributed by atoms with E-state index in [2.05, 4.69) is 22.3 Å². The molecule has 0 atom stereocenters. The smallest absolute Gasteiger partial charge is 0.232 e. The molecule has 7 nitrogen and oxygen atoms in total. The lowest BCUT2D eigenvalue weighted by Crippen LogP contribution is -2.32. The highest BCUT2D eigenvalue weighted by Crippen LogP contribution is 2.22. The molecule has 1 heterocycles. The van der Waals surface area contributed by atoms with Crippen molar-refractivity contribution < 1.29 is 17.9 Å². The zero-order valence-electron chi connectivity index (χ0n) is 20.3. The van der Waals surface area contributed by atoms with E-state index in [0.29, 0.717) is 31.0 Å². The average Bonchev–Trinajstić information content (AvgIpc) is 2.82. The Hall–Kier alpha value is -2.58. The molecule has 0 aromatic heterocycles. The normalized spacial score (nSPS) is 14.5. The number of benzene rings is 2. The summed E-state index contributed by atoms with van der Waals surface area (Å²) in [4.78, 5) is 14.9. The summed E-state index contributed by atoms with van der Waals surface area (Å²) in [6.07, 6.45) is 5.74. The maximum absolute atomic E-state index is 12.4. The van der Waals surface area contributed by atoms with Crippen LogP contribution in [0.4, 0.5) is 5.69 Å². The summed E-state index contributed by atoms with van der Waals surface area (Å²) in [7, 11) is -3.46. The lowest BCUT2D eigenvalue weighted by Gasteiger charge is -2.26. The maximum Gasteiger partial charge on any atom is 0.232 e. The molecule has 1 fully saturated rings. The molecule has 0 aliphatic carbocycles. The van der Waals surface area contributed by atoms with Crippen LogP contribution in [0.3, 0.4) is 0 Å². The van der Waals surface area contributed by atoms with Crippen molar-refractivity contribution in [1.82, 2.24) is 10.2 Å². The molecule has 1 N–H and O–H groups in total. The minimum Gasteiger partial charge on any atom is -0.494 e. The van der Waals surface area contributed by atoms with Gasteiger partial charge in [0.2, 0.25) is 15.9 Å². The first-order valence-electron chi connectivity index (χ1n) is 12.1. The number of nitrogens with one attached hydrogen (secondary N) is 1. The number of piperidine rings is 1. The number of anilines is 1. The van der Waals surface area contributed by atoms with Crippen LogP contribution in [0.25, 0.3) is 0 Å². The number of carbonyl (C=O) groups is 1. The van der Waals surface area contributed by atoms with Gasteiger partial charge in [0.25, 0.3) is 0 Å². The Bertz CT molecular complexity index is 1020. The van der Waals surface area contributed by atoms with Crippen molar-refractivity contribution in [2.45, 2.75) is 52.1 Å². The molecular formula is C26H37N3O4S. The first kappa shape index (κ1) is 26.0. The summed E-state index contributed by atoms with van der Waals surface area (Å²) in [6.45, 7) is 6.42. The average molecular weight is 488 g/mol. The number of rotatable bonds is 12. The van der Waals surface area contributed by atoms with Crippen molar-refractivity contribution >= 4 is 21.6 Å². The van der Waals surface area contributed by atoms with Crippen molar-refractivity contribution in [3.63, 3.8) is 0 Å². The van der Waals surface area contributed by atoms with Crippen LogP contribution in [0.15, 0.2) is 48.5 Å². The number of hydrogen-bond acceptors (Lipinski definition) is 5. The van der Waals surface area contributed by atoms with Crippen LogP contribution in [0.1, 0.15) is 50.2 Å². The van der Waals surface area contributed by atoms with Crippen LogP contribution >= 0.6 is 0 Å². The van der Waals surface area contributed by atoms with E-state index in [4.69, 9.17) is 4.74 Å². The molecule has 2 aromatic carbocycles. The second kappa shape index (κ2) is 12.8. The van der Waals surface area contributed by atoms with Crippen LogP contribution in [-0.4, -0.2) is 51.7 Å². The van der Waals surface area contributed by atoms with E-state index < -0.39 is 10.0 Å². The Morgan fingerprint density at radius 2 is 1.76 bits per heavy atom. The number of ether oxygens (including phenoxy) is 1. The van der Waals surface area contributed by atoms with E-state index >= 15 is 0 Å². The predicted molar refractivity (Wildman–Crippen MR) is 136 cm³/mol. The first-order chi connectivity index (χ1) is 16.3. The second-order valence-electron chi connectivity index (χ2n) is 8.80. The summed E-state index contributed by atoms with van der Waals surface area (Å²) < 4.78 is 31.3. The molecule has 0 saturated carbocycles. The summed E-state index contributed by atoms with van der Waals surface area (Å²) in [5.74, 6) is 0.612. The van der Waals surface area contributed by atoms with Crippen molar-refractivity contribution in [3.8, 4) is 5.75 Å². The van der Waals surface area contributed by atoms with E-state index in [1.807, 2.05) is 19.1 Å². The van der Waals surface area contributed by atoms with E-state index in [-0.39, 0.29) is 18.9 Å². The molecule has 0 unspecified atom stereocenters. The number of carbonyl (C=O) groups excluding carboxylic acids is 1. The van der Waals surface area contributed by atoms with Crippen molar-refractivity contribution in [3.05, 3.63) is 59.7 Å². The van der Waals surface area contributed by atoms with Gasteiger partial charge in [0, 0.05) is 26.1 Å². The van der Waals surface area contributed by atoms with Gasteiger partial charge < -0.3 is 10.1 Å². The molecule has 3 rings (SSSR count). The fourth-order valence-electron chi connectivity index (χ4n) is 4.25. The van der Waals surface area contributed by atoms with Gasteiger partial charge in [-0.25, -0.2) is 8.42 Å². The van der Waals surface area contributed by atoms with Gasteiger partial charge in [-0.15, -0.1) is 0 Å². The fraction of sp³-hybridized carbons (Fsp3) is 0.500. The number of nitrogens with zero attached hydrogens (tertiary/aromatic N) is 2. The van der Waals surface area contributed by atoms with Gasteiger partial charge in [-0.2, -0.15) is 0 Å². The first-order valence-corrected chi connectivity index (χ1v) is 14.0. The lowest BCUT2D eigenvalue weighted by atomic mass is 10.1. The molecular weight excluding hydrogens is 450 g/mol. The van der Waals surface area contributed by atoms with Gasteiger partial charge in [0.15, 0.2) is 0 Å². The van der Waals surface area contributed by atoms with Gasteiger partial charge in [0.05, 0.1) is 18.6 Å². The van der Waals surface area contributed by atoms with Crippen molar-refractivity contribution in [2.24, 2.45) is 0 Å². The van der Waals surface area contributed by atoms with Crippen molar-refractivity contribution in [1.29, 1.82) is 0 Å². The number of amides is 1. The third-order valence-electron chi connectivity index (χ3n) is 5.94. The second-order valence-corrected chi connectivity index (χ2v) is 10.7. The topological polar surface area (TPSA) is 79.0 Å². The molecule has 8 heteroatoms. The third kappa shape index (κ3) is 8.33. The monoisotopic (exact) mass is 487 g/mol. The predicted octanol–water partition coefficient (Wildman–Crippen LogP) is 3.93. The lowest BCUT2D eigenvalue weighted by molar-refractivity contribution is -0.121. The maximum atomic E-state index is 12.4. The molecule has 1 saturated heterocycles. The van der Waals surface area contributed by atoms with Crippen LogP contribution in [0, 0.1) is 0 Å². The molecule has 1 aliphatic rings. The van der Waals surface area contributed by atoms with E-state index in [0.717, 1.165) is 25.2 Å². The van der Waals surface area contributed by atoms with E-state index in [9.17, 15) is 13.2 Å².